The molecule has 0 bridgehead atoms. The first kappa shape index (κ1) is 10.1. The predicted octanol–water partition coefficient (Wildman–Crippen LogP) is 0.774. The number of rotatable bonds is 3. The van der Waals surface area contributed by atoms with Crippen LogP contribution in [0.1, 0.15) is 6.92 Å². The Balaban J connectivity index is 2.45. The molecule has 0 aromatic carbocycles. The summed E-state index contributed by atoms with van der Waals surface area (Å²) in [6.45, 7) is 1.44. The minimum absolute atomic E-state index is 0.241. The standard InChI is InChI=1S/C8H11FO4/c1-5(10)12-8-7(9)3-6(13-8)4-11-2/h3,6,8H,4H2,1-2H3/t6-,8+/m1/s1. The van der Waals surface area contributed by atoms with Crippen molar-refractivity contribution < 1.29 is 23.4 Å². The highest BCUT2D eigenvalue weighted by Gasteiger charge is 2.29. The van der Waals surface area contributed by atoms with Gasteiger partial charge in [-0.2, -0.15) is 0 Å². The molecule has 0 aromatic heterocycles. The van der Waals surface area contributed by atoms with Crippen LogP contribution in [-0.2, 0) is 19.0 Å². The Bertz CT molecular complexity index is 226. The molecule has 0 fully saturated rings. The van der Waals surface area contributed by atoms with Gasteiger partial charge in [0.15, 0.2) is 5.83 Å². The van der Waals surface area contributed by atoms with Gasteiger partial charge in [-0.3, -0.25) is 4.79 Å². The van der Waals surface area contributed by atoms with Gasteiger partial charge in [-0.15, -0.1) is 0 Å². The SMILES string of the molecule is COC[C@H]1C=C(F)[C@@H](OC(C)=O)O1. The highest BCUT2D eigenvalue weighted by Crippen LogP contribution is 2.21. The second-order valence-electron chi connectivity index (χ2n) is 2.62. The molecule has 0 saturated heterocycles. The van der Waals surface area contributed by atoms with Crippen molar-refractivity contribution in [3.05, 3.63) is 11.9 Å². The Morgan fingerprint density at radius 2 is 2.46 bits per heavy atom. The van der Waals surface area contributed by atoms with Crippen LogP contribution in [0.5, 0.6) is 0 Å². The summed E-state index contributed by atoms with van der Waals surface area (Å²) in [5.41, 5.74) is 0. The van der Waals surface area contributed by atoms with Gasteiger partial charge in [-0.25, -0.2) is 4.39 Å². The molecule has 4 nitrogen and oxygen atoms in total. The third-order valence-corrected chi connectivity index (χ3v) is 1.47. The van der Waals surface area contributed by atoms with Crippen LogP contribution in [0.25, 0.3) is 0 Å². The van der Waals surface area contributed by atoms with Crippen molar-refractivity contribution in [2.75, 3.05) is 13.7 Å². The molecule has 0 radical (unpaired) electrons. The molecule has 1 rings (SSSR count). The van der Waals surface area contributed by atoms with Crippen LogP contribution in [0.4, 0.5) is 4.39 Å². The number of methoxy groups -OCH3 is 1. The van der Waals surface area contributed by atoms with Crippen molar-refractivity contribution in [1.82, 2.24) is 0 Å². The Labute approximate surface area is 75.3 Å². The number of halogens is 1. The zero-order valence-electron chi connectivity index (χ0n) is 7.45. The number of hydrogen-bond acceptors (Lipinski definition) is 4. The third kappa shape index (κ3) is 2.78. The van der Waals surface area contributed by atoms with Crippen molar-refractivity contribution in [3.63, 3.8) is 0 Å². The van der Waals surface area contributed by atoms with Crippen molar-refractivity contribution in [1.29, 1.82) is 0 Å². The van der Waals surface area contributed by atoms with Gasteiger partial charge in [0.05, 0.1) is 6.61 Å². The van der Waals surface area contributed by atoms with Crippen LogP contribution in [0.15, 0.2) is 11.9 Å². The maximum atomic E-state index is 12.9. The summed E-state index contributed by atoms with van der Waals surface area (Å²) in [6.07, 6.45) is -0.441. The maximum absolute atomic E-state index is 12.9. The molecule has 0 N–H and O–H groups in total. The lowest BCUT2D eigenvalue weighted by Crippen LogP contribution is -2.21. The Morgan fingerprint density at radius 3 is 3.00 bits per heavy atom. The summed E-state index contributed by atoms with van der Waals surface area (Å²) in [5, 5.41) is 0. The molecule has 2 atom stereocenters. The van der Waals surface area contributed by atoms with Crippen molar-refractivity contribution in [2.24, 2.45) is 0 Å². The van der Waals surface area contributed by atoms with Crippen LogP contribution in [-0.4, -0.2) is 32.1 Å². The molecule has 1 heterocycles. The van der Waals surface area contributed by atoms with E-state index < -0.39 is 24.2 Å². The summed E-state index contributed by atoms with van der Waals surface area (Å²) in [4.78, 5) is 10.5. The Hall–Kier alpha value is -0.940. The number of carbonyl (C=O) groups is 1. The van der Waals surface area contributed by atoms with Gasteiger partial charge in [0.25, 0.3) is 6.29 Å². The van der Waals surface area contributed by atoms with Crippen LogP contribution in [0, 0.1) is 0 Å². The zero-order valence-corrected chi connectivity index (χ0v) is 7.45. The first-order valence-corrected chi connectivity index (χ1v) is 3.82. The molecule has 0 amide bonds. The van der Waals surface area contributed by atoms with E-state index >= 15 is 0 Å². The molecular formula is C8H11FO4. The topological polar surface area (TPSA) is 44.8 Å². The summed E-state index contributed by atoms with van der Waals surface area (Å²) in [7, 11) is 1.48. The maximum Gasteiger partial charge on any atom is 0.305 e. The van der Waals surface area contributed by atoms with Gasteiger partial charge in [-0.1, -0.05) is 0 Å². The fourth-order valence-corrected chi connectivity index (χ4v) is 1.01. The lowest BCUT2D eigenvalue weighted by molar-refractivity contribution is -0.174. The normalized spacial score (nSPS) is 27.2. The lowest BCUT2D eigenvalue weighted by atomic mass is 10.3. The highest BCUT2D eigenvalue weighted by molar-refractivity contribution is 5.66. The molecule has 0 saturated carbocycles. The Morgan fingerprint density at radius 1 is 1.77 bits per heavy atom. The first-order chi connectivity index (χ1) is 6.13. The van der Waals surface area contributed by atoms with Crippen LogP contribution in [0.3, 0.4) is 0 Å². The molecule has 13 heavy (non-hydrogen) atoms. The van der Waals surface area contributed by atoms with E-state index in [0.29, 0.717) is 0 Å². The van der Waals surface area contributed by atoms with Crippen molar-refractivity contribution >= 4 is 5.97 Å². The summed E-state index contributed by atoms with van der Waals surface area (Å²) < 4.78 is 27.2. The molecular weight excluding hydrogens is 179 g/mol. The smallest absolute Gasteiger partial charge is 0.305 e. The predicted molar refractivity (Wildman–Crippen MR) is 41.5 cm³/mol. The van der Waals surface area contributed by atoms with Crippen LogP contribution < -0.4 is 0 Å². The van der Waals surface area contributed by atoms with Crippen LogP contribution in [0.2, 0.25) is 0 Å². The summed E-state index contributed by atoms with van der Waals surface area (Å²) in [5.74, 6) is -1.16. The average molecular weight is 190 g/mol. The van der Waals surface area contributed by atoms with Crippen LogP contribution >= 0.6 is 0 Å². The van der Waals surface area contributed by atoms with Gasteiger partial charge in [-0.05, 0) is 6.08 Å². The van der Waals surface area contributed by atoms with Gasteiger partial charge in [0.1, 0.15) is 6.10 Å². The van der Waals surface area contributed by atoms with Gasteiger partial charge < -0.3 is 14.2 Å². The second-order valence-corrected chi connectivity index (χ2v) is 2.62. The molecule has 0 unspecified atom stereocenters. The van der Waals surface area contributed by atoms with E-state index in [-0.39, 0.29) is 6.61 Å². The van der Waals surface area contributed by atoms with E-state index in [0.717, 1.165) is 0 Å². The van der Waals surface area contributed by atoms with Crippen molar-refractivity contribution in [3.8, 4) is 0 Å². The quantitative estimate of drug-likeness (QED) is 0.617. The van der Waals surface area contributed by atoms with Crippen molar-refractivity contribution in [2.45, 2.75) is 19.3 Å². The second kappa shape index (κ2) is 4.34. The van der Waals surface area contributed by atoms with Gasteiger partial charge >= 0.3 is 5.97 Å². The number of carbonyl (C=O) groups excluding carboxylic acids is 1. The fourth-order valence-electron chi connectivity index (χ4n) is 1.01. The third-order valence-electron chi connectivity index (χ3n) is 1.47. The molecule has 5 heteroatoms. The van der Waals surface area contributed by atoms with E-state index in [2.05, 4.69) is 4.74 Å². The molecule has 1 aliphatic rings. The fraction of sp³-hybridized carbons (Fsp3) is 0.625. The van der Waals surface area contributed by atoms with E-state index in [1.807, 2.05) is 0 Å². The number of hydrogen-bond donors (Lipinski definition) is 0. The summed E-state index contributed by atoms with van der Waals surface area (Å²) >= 11 is 0. The van der Waals surface area contributed by atoms with E-state index in [4.69, 9.17) is 9.47 Å². The molecule has 0 aromatic rings. The highest BCUT2D eigenvalue weighted by atomic mass is 19.1. The van der Waals surface area contributed by atoms with Gasteiger partial charge in [0.2, 0.25) is 0 Å². The molecule has 0 aliphatic carbocycles. The first-order valence-electron chi connectivity index (χ1n) is 3.82. The summed E-state index contributed by atoms with van der Waals surface area (Å²) in [6, 6.07) is 0. The molecule has 1 aliphatic heterocycles. The average Bonchev–Trinajstić information content (AvgIpc) is 2.31. The minimum Gasteiger partial charge on any atom is -0.429 e. The largest absolute Gasteiger partial charge is 0.429 e. The zero-order chi connectivity index (χ0) is 9.84. The van der Waals surface area contributed by atoms with Gasteiger partial charge in [0, 0.05) is 14.0 Å². The monoisotopic (exact) mass is 190 g/mol. The number of ether oxygens (including phenoxy) is 3. The number of esters is 1. The van der Waals surface area contributed by atoms with E-state index in [9.17, 15) is 9.18 Å². The lowest BCUT2D eigenvalue weighted by Gasteiger charge is -2.12. The molecule has 74 valence electrons. The molecule has 0 spiro atoms. The minimum atomic E-state index is -1.20. The van der Waals surface area contributed by atoms with E-state index in [1.54, 1.807) is 0 Å². The van der Waals surface area contributed by atoms with E-state index in [1.165, 1.54) is 20.1 Å². The Kier molecular flexibility index (Phi) is 3.39.